The fourth-order valence-corrected chi connectivity index (χ4v) is 1.16. The van der Waals surface area contributed by atoms with Crippen LogP contribution in [0.3, 0.4) is 0 Å². The van der Waals surface area contributed by atoms with Gasteiger partial charge in [0.05, 0.1) is 12.0 Å². The summed E-state index contributed by atoms with van der Waals surface area (Å²) < 4.78 is 4.94. The second-order valence-electron chi connectivity index (χ2n) is 2.83. The molecule has 4 nitrogen and oxygen atoms in total. The largest absolute Gasteiger partial charge is 0.526 e. The third-order valence-electron chi connectivity index (χ3n) is 1.83. The molecule has 0 amide bonds. The van der Waals surface area contributed by atoms with Gasteiger partial charge in [-0.2, -0.15) is 0 Å². The monoisotopic (exact) mass is 189 g/mol. The average molecular weight is 189 g/mol. The lowest BCUT2D eigenvalue weighted by Gasteiger charge is -1.92. The summed E-state index contributed by atoms with van der Waals surface area (Å²) in [5, 5.41) is 17.7. The summed E-state index contributed by atoms with van der Waals surface area (Å²) in [5.41, 5.74) is 1.59. The summed E-state index contributed by atoms with van der Waals surface area (Å²) in [4.78, 5) is 4.10. The summed E-state index contributed by atoms with van der Waals surface area (Å²) in [6, 6.07) is 7.03. The van der Waals surface area contributed by atoms with E-state index in [0.717, 1.165) is 11.3 Å². The summed E-state index contributed by atoms with van der Waals surface area (Å²) in [5.74, 6) is 0. The van der Waals surface area contributed by atoms with E-state index in [1.54, 1.807) is 12.3 Å². The van der Waals surface area contributed by atoms with Crippen molar-refractivity contribution in [2.24, 2.45) is 0 Å². The molecule has 70 valence electrons. The van der Waals surface area contributed by atoms with Crippen molar-refractivity contribution in [1.82, 2.24) is 4.98 Å². The minimum absolute atomic E-state index is 0.116. The first-order chi connectivity index (χ1) is 6.77. The molecule has 2 N–H and O–H groups in total. The number of hydrogen-bond acceptors (Lipinski definition) is 4. The van der Waals surface area contributed by atoms with Crippen LogP contribution in [-0.2, 0) is 0 Å². The predicted octanol–water partition coefficient (Wildman–Crippen LogP) is 0.0214. The molecule has 0 aliphatic heterocycles. The highest BCUT2D eigenvalue weighted by Crippen LogP contribution is 2.14. The lowest BCUT2D eigenvalue weighted by molar-refractivity contribution is 0.409. The molecule has 0 aromatic carbocycles. The Kier molecular flexibility index (Phi) is 2.34. The van der Waals surface area contributed by atoms with Crippen LogP contribution in [0.15, 0.2) is 41.1 Å². The maximum atomic E-state index is 8.83. The van der Waals surface area contributed by atoms with Gasteiger partial charge in [0.25, 0.3) is 0 Å². The van der Waals surface area contributed by atoms with Gasteiger partial charge in [0.2, 0.25) is 0 Å². The molecule has 0 radical (unpaired) electrons. The second kappa shape index (κ2) is 3.65. The minimum Gasteiger partial charge on any atom is -0.472 e. The van der Waals surface area contributed by atoms with Gasteiger partial charge in [-0.15, -0.1) is 0 Å². The molecule has 2 aromatic heterocycles. The maximum absolute atomic E-state index is 8.83. The summed E-state index contributed by atoms with van der Waals surface area (Å²) >= 11 is 0. The lowest BCUT2D eigenvalue weighted by Crippen LogP contribution is -2.27. The van der Waals surface area contributed by atoms with Crippen molar-refractivity contribution in [2.75, 3.05) is 0 Å². The quantitative estimate of drug-likeness (QED) is 0.653. The Morgan fingerprint density at radius 2 is 2.14 bits per heavy atom. The normalized spacial score (nSPS) is 10.1. The van der Waals surface area contributed by atoms with Gasteiger partial charge in [0, 0.05) is 11.8 Å². The van der Waals surface area contributed by atoms with E-state index in [0.29, 0.717) is 0 Å². The van der Waals surface area contributed by atoms with Crippen LogP contribution in [0, 0.1) is 0 Å². The van der Waals surface area contributed by atoms with E-state index >= 15 is 0 Å². The van der Waals surface area contributed by atoms with Gasteiger partial charge in [-0.3, -0.25) is 4.98 Å². The van der Waals surface area contributed by atoms with Crippen LogP contribution in [-0.4, -0.2) is 22.2 Å². The molecule has 0 aliphatic carbocycles. The molecule has 0 saturated carbocycles. The highest BCUT2D eigenvalue weighted by atomic mass is 16.4. The standard InChI is InChI=1S/C9H8BNO3/c12-10(13)9-5-7(6-14-9)8-3-1-2-4-11-8/h1-6,12-13H. The summed E-state index contributed by atoms with van der Waals surface area (Å²) in [7, 11) is -1.58. The molecule has 0 unspecified atom stereocenters. The van der Waals surface area contributed by atoms with Crippen molar-refractivity contribution in [1.29, 1.82) is 0 Å². The van der Waals surface area contributed by atoms with Crippen molar-refractivity contribution >= 4 is 12.8 Å². The third kappa shape index (κ3) is 1.68. The molecule has 0 aliphatic rings. The Labute approximate surface area is 81.0 Å². The van der Waals surface area contributed by atoms with Crippen LogP contribution in [0.2, 0.25) is 0 Å². The van der Waals surface area contributed by atoms with E-state index in [1.807, 2.05) is 18.2 Å². The fourth-order valence-electron chi connectivity index (χ4n) is 1.16. The zero-order valence-electron chi connectivity index (χ0n) is 7.29. The summed E-state index contributed by atoms with van der Waals surface area (Å²) in [6.45, 7) is 0. The van der Waals surface area contributed by atoms with Crippen molar-refractivity contribution in [3.05, 3.63) is 36.7 Å². The zero-order chi connectivity index (χ0) is 9.97. The molecule has 14 heavy (non-hydrogen) atoms. The Morgan fingerprint density at radius 1 is 1.29 bits per heavy atom. The summed E-state index contributed by atoms with van der Waals surface area (Å²) in [6.07, 6.45) is 3.11. The first-order valence-electron chi connectivity index (χ1n) is 4.13. The molecule has 0 saturated heterocycles. The third-order valence-corrected chi connectivity index (χ3v) is 1.83. The topological polar surface area (TPSA) is 66.5 Å². The van der Waals surface area contributed by atoms with E-state index < -0.39 is 7.12 Å². The minimum atomic E-state index is -1.58. The van der Waals surface area contributed by atoms with Crippen LogP contribution in [0.1, 0.15) is 0 Å². The van der Waals surface area contributed by atoms with Gasteiger partial charge in [0.15, 0.2) is 0 Å². The molecule has 0 spiro atoms. The smallest absolute Gasteiger partial charge is 0.472 e. The molecular formula is C9H8BNO3. The number of pyridine rings is 1. The van der Waals surface area contributed by atoms with E-state index in [9.17, 15) is 0 Å². The van der Waals surface area contributed by atoms with Crippen LogP contribution in [0.4, 0.5) is 0 Å². The Hall–Kier alpha value is -1.59. The van der Waals surface area contributed by atoms with Crippen molar-refractivity contribution < 1.29 is 14.5 Å². The van der Waals surface area contributed by atoms with E-state index in [4.69, 9.17) is 14.5 Å². The predicted molar refractivity (Wildman–Crippen MR) is 51.8 cm³/mol. The second-order valence-corrected chi connectivity index (χ2v) is 2.83. The van der Waals surface area contributed by atoms with E-state index in [2.05, 4.69) is 4.98 Å². The van der Waals surface area contributed by atoms with E-state index in [-0.39, 0.29) is 5.66 Å². The molecule has 0 bridgehead atoms. The van der Waals surface area contributed by atoms with Gasteiger partial charge in [-0.25, -0.2) is 0 Å². The van der Waals surface area contributed by atoms with Crippen molar-refractivity contribution in [2.45, 2.75) is 0 Å². The number of aromatic nitrogens is 1. The van der Waals surface area contributed by atoms with Crippen LogP contribution >= 0.6 is 0 Å². The van der Waals surface area contributed by atoms with Crippen molar-refractivity contribution in [3.8, 4) is 11.3 Å². The fraction of sp³-hybridized carbons (Fsp3) is 0. The van der Waals surface area contributed by atoms with Gasteiger partial charge in [-0.05, 0) is 18.2 Å². The van der Waals surface area contributed by atoms with Gasteiger partial charge in [-0.1, -0.05) is 6.07 Å². The van der Waals surface area contributed by atoms with E-state index in [1.165, 1.54) is 6.26 Å². The molecule has 2 heterocycles. The highest BCUT2D eigenvalue weighted by Gasteiger charge is 2.16. The molecule has 0 fully saturated rings. The molecule has 2 aromatic rings. The number of furan rings is 1. The van der Waals surface area contributed by atoms with Crippen LogP contribution in [0.25, 0.3) is 11.3 Å². The van der Waals surface area contributed by atoms with Crippen molar-refractivity contribution in [3.63, 3.8) is 0 Å². The SMILES string of the molecule is OB(O)c1cc(-c2ccccn2)co1. The first-order valence-corrected chi connectivity index (χ1v) is 4.13. The Morgan fingerprint density at radius 3 is 2.71 bits per heavy atom. The molecule has 5 heteroatoms. The van der Waals surface area contributed by atoms with Crippen LogP contribution < -0.4 is 5.66 Å². The highest BCUT2D eigenvalue weighted by molar-refractivity contribution is 6.57. The van der Waals surface area contributed by atoms with Gasteiger partial charge in [0.1, 0.15) is 5.66 Å². The number of rotatable bonds is 2. The lowest BCUT2D eigenvalue weighted by atomic mass is 9.87. The first kappa shape index (κ1) is 8.99. The van der Waals surface area contributed by atoms with Crippen LogP contribution in [0.5, 0.6) is 0 Å². The van der Waals surface area contributed by atoms with Gasteiger partial charge < -0.3 is 14.5 Å². The number of nitrogens with zero attached hydrogens (tertiary/aromatic N) is 1. The van der Waals surface area contributed by atoms with Gasteiger partial charge >= 0.3 is 7.12 Å². The molecular weight excluding hydrogens is 181 g/mol. The molecule has 0 atom stereocenters. The maximum Gasteiger partial charge on any atom is 0.526 e. The average Bonchev–Trinajstić information content (AvgIpc) is 2.68. The zero-order valence-corrected chi connectivity index (χ0v) is 7.29. The number of hydrogen-bond donors (Lipinski definition) is 2. The molecule has 2 rings (SSSR count). The Bertz CT molecular complexity index is 413. The Balaban J connectivity index is 2.34.